The van der Waals surface area contributed by atoms with Gasteiger partial charge in [-0.2, -0.15) is 0 Å². The van der Waals surface area contributed by atoms with Gasteiger partial charge in [0.1, 0.15) is 17.9 Å². The van der Waals surface area contributed by atoms with Crippen LogP contribution in [0.4, 0.5) is 0 Å². The van der Waals surface area contributed by atoms with Crippen molar-refractivity contribution in [3.63, 3.8) is 0 Å². The van der Waals surface area contributed by atoms with Gasteiger partial charge in [-0.15, -0.1) is 5.10 Å². The molecule has 4 heterocycles. The maximum Gasteiger partial charge on any atom is 0.308 e. The summed E-state index contributed by atoms with van der Waals surface area (Å²) in [5, 5.41) is 52.8. The Balaban J connectivity index is 0.00000756. The lowest BCUT2D eigenvalue weighted by Crippen LogP contribution is -2.63. The Morgan fingerprint density at radius 2 is 1.75 bits per heavy atom. The zero-order chi connectivity index (χ0) is 38.1. The standard InChI is InChI=1S/C38H57N5O9.CH4/c1-8-32-28(21-44)17-22(2)9-10-30(45)23(3)18-27(13-16-43-20-29(40-41-43)26-11-14-39-15-12-26)37(24(4)31(46)19-33(47)51-32)52-38-36(49)34(42(6)7)35(48)25(5)50-38;/h9-12,14-15,17,20,23-25,27-28,31-32,34-38,44,46,48-49H,8,13,16,18-19,21H2,1-7H3;1H4/b10-9+,22-17+;/t23-,24+,25-,27+,28-,31-,32-,34?,35-,36?,37-,38+;/m1./s1. The quantitative estimate of drug-likeness (QED) is 0.275. The molecular formula is C39H61N5O9. The third-order valence-corrected chi connectivity index (χ3v) is 10.4. The summed E-state index contributed by atoms with van der Waals surface area (Å²) >= 11 is 0. The van der Waals surface area contributed by atoms with Crippen LogP contribution in [0.25, 0.3) is 11.3 Å². The van der Waals surface area contributed by atoms with Crippen LogP contribution in [0.3, 0.4) is 0 Å². The number of likely N-dealkylation sites (N-methyl/N-ethyl adjacent to an activating group) is 1. The van der Waals surface area contributed by atoms with E-state index in [4.69, 9.17) is 14.2 Å². The molecule has 14 heteroatoms. The van der Waals surface area contributed by atoms with E-state index in [1.54, 1.807) is 62.1 Å². The van der Waals surface area contributed by atoms with Gasteiger partial charge in [-0.05, 0) is 71.3 Å². The Hall–Kier alpha value is -3.37. The fourth-order valence-corrected chi connectivity index (χ4v) is 7.22. The Labute approximate surface area is 313 Å². The number of carbonyl (C=O) groups is 2. The summed E-state index contributed by atoms with van der Waals surface area (Å²) in [4.78, 5) is 32.7. The number of hydrogen-bond acceptors (Lipinski definition) is 13. The first-order chi connectivity index (χ1) is 24.7. The Kier molecular flexibility index (Phi) is 16.9. The van der Waals surface area contributed by atoms with Crippen molar-refractivity contribution in [2.75, 3.05) is 20.7 Å². The molecule has 4 N–H and O–H groups in total. The van der Waals surface area contributed by atoms with Gasteiger partial charge in [0.2, 0.25) is 0 Å². The molecular weight excluding hydrogens is 682 g/mol. The number of pyridine rings is 1. The van der Waals surface area contributed by atoms with Crippen LogP contribution >= 0.6 is 0 Å². The Morgan fingerprint density at radius 1 is 1.06 bits per heavy atom. The zero-order valence-electron chi connectivity index (χ0n) is 31.4. The predicted molar refractivity (Wildman–Crippen MR) is 199 cm³/mol. The number of aliphatic hydroxyl groups excluding tert-OH is 4. The largest absolute Gasteiger partial charge is 0.462 e. The number of ketones is 1. The summed E-state index contributed by atoms with van der Waals surface area (Å²) in [5.41, 5.74) is 2.26. The van der Waals surface area contributed by atoms with Gasteiger partial charge in [0.15, 0.2) is 12.1 Å². The van der Waals surface area contributed by atoms with E-state index in [0.29, 0.717) is 31.5 Å². The van der Waals surface area contributed by atoms with Crippen LogP contribution in [0.5, 0.6) is 0 Å². The Bertz CT molecular complexity index is 1500. The SMILES string of the molecule is C.CC[C@H]1OC(=O)C[C@@H](O)[C@H](C)[C@@H](O[C@@H]2O[C@H](C)[C@@H](O)C(N(C)C)C2O)[C@@H](CCn2cc(-c3ccncc3)nn2)C[C@@H](C)C(=O)/C=C/C(C)=C/[C@@H]1CO. The Morgan fingerprint density at radius 3 is 2.40 bits per heavy atom. The highest BCUT2D eigenvalue weighted by molar-refractivity contribution is 5.91. The summed E-state index contributed by atoms with van der Waals surface area (Å²) in [6.07, 6.45) is 4.20. The second-order valence-electron chi connectivity index (χ2n) is 14.6. The molecule has 53 heavy (non-hydrogen) atoms. The molecule has 14 nitrogen and oxygen atoms in total. The minimum atomic E-state index is -1.26. The van der Waals surface area contributed by atoms with Crippen molar-refractivity contribution in [3.8, 4) is 11.3 Å². The van der Waals surface area contributed by atoms with Crippen LogP contribution in [0, 0.1) is 23.7 Å². The van der Waals surface area contributed by atoms with E-state index in [0.717, 1.165) is 11.1 Å². The molecule has 2 aliphatic heterocycles. The molecule has 0 aliphatic carbocycles. The van der Waals surface area contributed by atoms with Crippen LogP contribution in [0.15, 0.2) is 54.5 Å². The van der Waals surface area contributed by atoms with Crippen LogP contribution < -0.4 is 0 Å². The van der Waals surface area contributed by atoms with E-state index in [1.165, 1.54) is 6.08 Å². The minimum absolute atomic E-state index is 0. The fraction of sp³-hybridized carbons (Fsp3) is 0.667. The number of nitrogens with zero attached hydrogens (tertiary/aromatic N) is 5. The molecule has 2 aromatic heterocycles. The van der Waals surface area contributed by atoms with Crippen molar-refractivity contribution >= 4 is 11.8 Å². The maximum absolute atomic E-state index is 13.6. The lowest BCUT2D eigenvalue weighted by molar-refractivity contribution is -0.304. The van der Waals surface area contributed by atoms with Crippen molar-refractivity contribution in [1.29, 1.82) is 0 Å². The van der Waals surface area contributed by atoms with Crippen molar-refractivity contribution in [1.82, 2.24) is 24.9 Å². The van der Waals surface area contributed by atoms with E-state index in [9.17, 15) is 30.0 Å². The molecule has 2 aromatic rings. The molecule has 296 valence electrons. The van der Waals surface area contributed by atoms with Gasteiger partial charge < -0.3 is 39.5 Å². The fourth-order valence-electron chi connectivity index (χ4n) is 7.22. The number of cyclic esters (lactones) is 1. The summed E-state index contributed by atoms with van der Waals surface area (Å²) in [6, 6.07) is 2.97. The van der Waals surface area contributed by atoms with Gasteiger partial charge in [-0.25, -0.2) is 0 Å². The van der Waals surface area contributed by atoms with Gasteiger partial charge in [0.25, 0.3) is 0 Å². The average molecular weight is 744 g/mol. The van der Waals surface area contributed by atoms with Crippen LogP contribution in [-0.2, 0) is 30.3 Å². The lowest BCUT2D eigenvalue weighted by Gasteiger charge is -2.46. The molecule has 0 bridgehead atoms. The number of carbonyl (C=O) groups excluding carboxylic acids is 2. The monoisotopic (exact) mass is 743 g/mol. The smallest absolute Gasteiger partial charge is 0.308 e. The molecule has 4 rings (SSSR count). The van der Waals surface area contributed by atoms with Gasteiger partial charge in [-0.3, -0.25) is 19.3 Å². The number of aliphatic hydroxyl groups is 4. The number of esters is 1. The lowest BCUT2D eigenvalue weighted by atomic mass is 9.79. The number of allylic oxidation sites excluding steroid dienone is 3. The maximum atomic E-state index is 13.6. The molecule has 2 unspecified atom stereocenters. The molecule has 0 amide bonds. The van der Waals surface area contributed by atoms with Gasteiger partial charge >= 0.3 is 5.97 Å². The highest BCUT2D eigenvalue weighted by Crippen LogP contribution is 2.35. The molecule has 1 fully saturated rings. The van der Waals surface area contributed by atoms with Gasteiger partial charge in [0.05, 0.1) is 49.7 Å². The summed E-state index contributed by atoms with van der Waals surface area (Å²) < 4.78 is 20.2. The van der Waals surface area contributed by atoms with Gasteiger partial charge in [-0.1, -0.05) is 51.1 Å². The molecule has 1 saturated heterocycles. The van der Waals surface area contributed by atoms with Crippen molar-refractivity contribution in [2.24, 2.45) is 23.7 Å². The second-order valence-corrected chi connectivity index (χ2v) is 14.6. The third kappa shape index (κ3) is 11.6. The number of rotatable bonds is 9. The second kappa shape index (κ2) is 20.3. The van der Waals surface area contributed by atoms with Crippen LogP contribution in [-0.4, -0.2) is 127 Å². The molecule has 0 spiro atoms. The highest BCUT2D eigenvalue weighted by atomic mass is 16.7. The number of aryl methyl sites for hydroxylation is 1. The first-order valence-corrected chi connectivity index (χ1v) is 18.3. The predicted octanol–water partition coefficient (Wildman–Crippen LogP) is 3.19. The van der Waals surface area contributed by atoms with E-state index >= 15 is 0 Å². The topological polar surface area (TPSA) is 190 Å². The van der Waals surface area contributed by atoms with Crippen molar-refractivity contribution in [2.45, 2.75) is 123 Å². The normalized spacial score (nSPS) is 35.2. The zero-order valence-corrected chi connectivity index (χ0v) is 31.4. The summed E-state index contributed by atoms with van der Waals surface area (Å²) in [5.74, 6) is -2.84. The number of ether oxygens (including phenoxy) is 3. The van der Waals surface area contributed by atoms with Crippen LogP contribution in [0.2, 0.25) is 0 Å². The number of aromatic nitrogens is 4. The molecule has 0 aromatic carbocycles. The van der Waals surface area contributed by atoms with Crippen LogP contribution in [0.1, 0.15) is 67.7 Å². The molecule has 2 aliphatic rings. The van der Waals surface area contributed by atoms with Crippen molar-refractivity contribution < 1.29 is 44.2 Å². The van der Waals surface area contributed by atoms with E-state index in [-0.39, 0.29) is 26.2 Å². The first-order valence-electron chi connectivity index (χ1n) is 18.3. The molecule has 12 atom stereocenters. The van der Waals surface area contributed by atoms with Crippen molar-refractivity contribution in [3.05, 3.63) is 54.5 Å². The minimum Gasteiger partial charge on any atom is -0.462 e. The third-order valence-electron chi connectivity index (χ3n) is 10.4. The molecule has 0 radical (unpaired) electrons. The van der Waals surface area contributed by atoms with Gasteiger partial charge in [0, 0.05) is 42.3 Å². The number of hydrogen-bond donors (Lipinski definition) is 4. The summed E-state index contributed by atoms with van der Waals surface area (Å²) in [7, 11) is 3.50. The molecule has 0 saturated carbocycles. The van der Waals surface area contributed by atoms with E-state index < -0.39 is 78.6 Å². The van der Waals surface area contributed by atoms with E-state index in [1.807, 2.05) is 39.1 Å². The van der Waals surface area contributed by atoms with E-state index in [2.05, 4.69) is 15.3 Å². The summed E-state index contributed by atoms with van der Waals surface area (Å²) in [6.45, 7) is 9.09. The highest BCUT2D eigenvalue weighted by Gasteiger charge is 2.47. The first kappa shape index (κ1) is 44.0. The average Bonchev–Trinajstić information content (AvgIpc) is 3.60.